The molecule has 0 radical (unpaired) electrons. The van der Waals surface area contributed by atoms with E-state index in [9.17, 15) is 9.50 Å². The van der Waals surface area contributed by atoms with Crippen molar-refractivity contribution in [3.05, 3.63) is 65.7 Å². The van der Waals surface area contributed by atoms with Crippen LogP contribution in [0.2, 0.25) is 0 Å². The summed E-state index contributed by atoms with van der Waals surface area (Å²) in [5.74, 6) is -0.125. The fraction of sp³-hybridized carbons (Fsp3) is 0.500. The van der Waals surface area contributed by atoms with Crippen LogP contribution in [0.25, 0.3) is 0 Å². The lowest BCUT2D eigenvalue weighted by molar-refractivity contribution is -0.118. The van der Waals surface area contributed by atoms with Crippen LogP contribution in [0.1, 0.15) is 17.5 Å². The topological polar surface area (TPSA) is 42.8 Å². The summed E-state index contributed by atoms with van der Waals surface area (Å²) >= 11 is 0. The Labute approximate surface area is 165 Å². The number of likely N-dealkylation sites (tertiary alicyclic amines) is 1. The molecule has 0 bridgehead atoms. The van der Waals surface area contributed by atoms with Gasteiger partial charge in [0.2, 0.25) is 0 Å². The number of aromatic nitrogens is 1. The molecule has 0 saturated carbocycles. The molecule has 6 heteroatoms. The highest BCUT2D eigenvalue weighted by Crippen LogP contribution is 2.39. The molecule has 5 nitrogen and oxygen atoms in total. The summed E-state index contributed by atoms with van der Waals surface area (Å²) in [4.78, 5) is 11.6. The van der Waals surface area contributed by atoms with Gasteiger partial charge in [-0.25, -0.2) is 4.39 Å². The maximum Gasteiger partial charge on any atom is 0.127 e. The minimum atomic E-state index is -0.235. The number of aliphatic hydroxyl groups is 1. The summed E-state index contributed by atoms with van der Waals surface area (Å²) in [6.07, 6.45) is 4.36. The third-order valence-electron chi connectivity index (χ3n) is 6.51. The van der Waals surface area contributed by atoms with Crippen LogP contribution in [0, 0.1) is 5.82 Å². The predicted molar refractivity (Wildman–Crippen MR) is 105 cm³/mol. The molecule has 1 spiro atoms. The van der Waals surface area contributed by atoms with Crippen LogP contribution < -0.4 is 0 Å². The molecule has 2 aromatic rings. The number of β-amino-alcohol motifs (C(OH)–C–C–N with tert-alkyl or cyclic N) is 1. The molecule has 3 fully saturated rings. The lowest BCUT2D eigenvalue weighted by Gasteiger charge is -2.61. The Morgan fingerprint density at radius 2 is 1.86 bits per heavy atom. The van der Waals surface area contributed by atoms with Crippen LogP contribution in [0.3, 0.4) is 0 Å². The minimum absolute atomic E-state index is 0.0634. The summed E-state index contributed by atoms with van der Waals surface area (Å²) < 4.78 is 14.0. The molecule has 0 aliphatic carbocycles. The Bertz CT molecular complexity index is 826. The number of halogens is 1. The molecule has 3 aliphatic rings. The van der Waals surface area contributed by atoms with E-state index in [1.807, 2.05) is 30.6 Å². The molecule has 3 aliphatic heterocycles. The minimum Gasteiger partial charge on any atom is -0.392 e. The van der Waals surface area contributed by atoms with Crippen molar-refractivity contribution in [2.45, 2.75) is 37.2 Å². The van der Waals surface area contributed by atoms with Gasteiger partial charge in [-0.05, 0) is 24.1 Å². The summed E-state index contributed by atoms with van der Waals surface area (Å²) in [6, 6.07) is 11.6. The van der Waals surface area contributed by atoms with Gasteiger partial charge in [-0.1, -0.05) is 24.3 Å². The first-order valence-electron chi connectivity index (χ1n) is 10.1. The van der Waals surface area contributed by atoms with Crippen molar-refractivity contribution >= 4 is 0 Å². The van der Waals surface area contributed by atoms with Crippen LogP contribution in [-0.4, -0.2) is 75.2 Å². The third kappa shape index (κ3) is 3.35. The van der Waals surface area contributed by atoms with Gasteiger partial charge < -0.3 is 5.11 Å². The first kappa shape index (κ1) is 18.2. The largest absolute Gasteiger partial charge is 0.392 e. The van der Waals surface area contributed by atoms with E-state index in [1.165, 1.54) is 11.6 Å². The lowest BCUT2D eigenvalue weighted by atomic mass is 9.83. The van der Waals surface area contributed by atoms with Crippen molar-refractivity contribution in [1.29, 1.82) is 0 Å². The Morgan fingerprint density at radius 3 is 2.64 bits per heavy atom. The number of aliphatic hydroxyl groups excluding tert-OH is 1. The molecular formula is C22H27FN4O. The van der Waals surface area contributed by atoms with E-state index in [4.69, 9.17) is 0 Å². The molecule has 3 saturated heterocycles. The molecule has 0 amide bonds. The van der Waals surface area contributed by atoms with Crippen LogP contribution in [-0.2, 0) is 13.1 Å². The zero-order valence-corrected chi connectivity index (χ0v) is 16.0. The molecule has 1 aromatic heterocycles. The average molecular weight is 382 g/mol. The van der Waals surface area contributed by atoms with E-state index >= 15 is 0 Å². The van der Waals surface area contributed by atoms with Gasteiger partial charge >= 0.3 is 0 Å². The number of pyridine rings is 1. The van der Waals surface area contributed by atoms with E-state index in [0.29, 0.717) is 12.6 Å². The quantitative estimate of drug-likeness (QED) is 0.872. The van der Waals surface area contributed by atoms with E-state index < -0.39 is 0 Å². The van der Waals surface area contributed by atoms with Gasteiger partial charge in [0.05, 0.1) is 11.6 Å². The van der Waals surface area contributed by atoms with Crippen molar-refractivity contribution in [3.63, 3.8) is 0 Å². The van der Waals surface area contributed by atoms with Gasteiger partial charge in [0.1, 0.15) is 5.82 Å². The van der Waals surface area contributed by atoms with E-state index in [2.05, 4.69) is 25.8 Å². The highest BCUT2D eigenvalue weighted by molar-refractivity contribution is 5.20. The summed E-state index contributed by atoms with van der Waals surface area (Å²) in [7, 11) is 0. The smallest absolute Gasteiger partial charge is 0.127 e. The van der Waals surface area contributed by atoms with Gasteiger partial charge in [-0.15, -0.1) is 0 Å². The number of hydrogen-bond acceptors (Lipinski definition) is 5. The van der Waals surface area contributed by atoms with Crippen molar-refractivity contribution in [3.8, 4) is 0 Å². The lowest BCUT2D eigenvalue weighted by Crippen LogP contribution is -2.77. The molecule has 5 rings (SSSR count). The maximum absolute atomic E-state index is 14.0. The zero-order valence-electron chi connectivity index (χ0n) is 16.0. The monoisotopic (exact) mass is 382 g/mol. The maximum atomic E-state index is 14.0. The SMILES string of the molecule is O[C@@H]1C[C@H]2CN(Cc3cccnc3)CC3(CN(Cc4ccccc4F)C3)N2C1. The molecule has 4 heterocycles. The first-order chi connectivity index (χ1) is 13.6. The number of benzene rings is 1. The van der Waals surface area contributed by atoms with Gasteiger partial charge in [-0.3, -0.25) is 19.7 Å². The Hall–Kier alpha value is -1.86. The third-order valence-corrected chi connectivity index (χ3v) is 6.51. The number of piperazine rings is 1. The van der Waals surface area contributed by atoms with Gasteiger partial charge in [0.25, 0.3) is 0 Å². The molecule has 2 atom stereocenters. The second kappa shape index (κ2) is 7.19. The number of hydrogen-bond donors (Lipinski definition) is 1. The summed E-state index contributed by atoms with van der Waals surface area (Å²) in [6.45, 7) is 6.13. The summed E-state index contributed by atoms with van der Waals surface area (Å²) in [5, 5.41) is 10.3. The van der Waals surface area contributed by atoms with E-state index in [0.717, 1.165) is 51.3 Å². The normalized spacial score (nSPS) is 27.6. The van der Waals surface area contributed by atoms with E-state index in [1.54, 1.807) is 6.07 Å². The van der Waals surface area contributed by atoms with Gasteiger partial charge in [0.15, 0.2) is 0 Å². The van der Waals surface area contributed by atoms with Crippen molar-refractivity contribution < 1.29 is 9.50 Å². The molecule has 1 N–H and O–H groups in total. The van der Waals surface area contributed by atoms with Crippen LogP contribution in [0.4, 0.5) is 4.39 Å². The summed E-state index contributed by atoms with van der Waals surface area (Å²) in [5.41, 5.74) is 2.05. The van der Waals surface area contributed by atoms with Crippen LogP contribution >= 0.6 is 0 Å². The average Bonchev–Trinajstić information content (AvgIpc) is 3.03. The molecule has 1 aromatic carbocycles. The van der Waals surface area contributed by atoms with Crippen molar-refractivity contribution in [2.24, 2.45) is 0 Å². The number of nitrogens with zero attached hydrogens (tertiary/aromatic N) is 4. The zero-order chi connectivity index (χ0) is 19.1. The Morgan fingerprint density at radius 1 is 1.04 bits per heavy atom. The molecule has 0 unspecified atom stereocenters. The second-order valence-electron chi connectivity index (χ2n) is 8.69. The van der Waals surface area contributed by atoms with Gasteiger partial charge in [0, 0.05) is 69.8 Å². The fourth-order valence-electron chi connectivity index (χ4n) is 5.43. The standard InChI is InChI=1S/C22H27FN4O/c23-21-6-2-1-5-18(21)11-26-15-22(16-26)14-25(10-17-4-3-7-24-9-17)12-19-8-20(28)13-27(19)22/h1-7,9,19-20,28H,8,10-16H2/t19-,20+/m0/s1. The van der Waals surface area contributed by atoms with Crippen LogP contribution in [0.5, 0.6) is 0 Å². The molecular weight excluding hydrogens is 355 g/mol. The number of fused-ring (bicyclic) bond motifs is 2. The number of rotatable bonds is 4. The molecule has 148 valence electrons. The Kier molecular flexibility index (Phi) is 4.67. The Balaban J connectivity index is 1.30. The predicted octanol–water partition coefficient (Wildman–Crippen LogP) is 1.73. The highest BCUT2D eigenvalue weighted by atomic mass is 19.1. The van der Waals surface area contributed by atoms with Crippen LogP contribution in [0.15, 0.2) is 48.8 Å². The molecule has 28 heavy (non-hydrogen) atoms. The highest BCUT2D eigenvalue weighted by Gasteiger charge is 2.55. The van der Waals surface area contributed by atoms with Crippen molar-refractivity contribution in [1.82, 2.24) is 19.7 Å². The van der Waals surface area contributed by atoms with Gasteiger partial charge in [-0.2, -0.15) is 0 Å². The first-order valence-corrected chi connectivity index (χ1v) is 10.1. The second-order valence-corrected chi connectivity index (χ2v) is 8.69. The van der Waals surface area contributed by atoms with E-state index in [-0.39, 0.29) is 17.5 Å². The van der Waals surface area contributed by atoms with Crippen molar-refractivity contribution in [2.75, 3.05) is 32.7 Å². The fourth-order valence-corrected chi connectivity index (χ4v) is 5.43.